The first-order chi connectivity index (χ1) is 18.8. The van der Waals surface area contributed by atoms with E-state index in [1.54, 1.807) is 62.8 Å². The molecule has 1 fully saturated rings. The lowest BCUT2D eigenvalue weighted by atomic mass is 10.1. The molecule has 3 aromatic carbocycles. The Bertz CT molecular complexity index is 1410. The Morgan fingerprint density at radius 2 is 1.74 bits per heavy atom. The number of carboxylic acid groups (broad SMARTS) is 1. The SMILES string of the molecule is COc1ccc(N=C2SC(C(=O)Nc3cccc(C(=O)O)c3)CC(=O)N2Cc2ccc(OC)c(OC)c2)cc1. The van der Waals surface area contributed by atoms with Crippen LogP contribution in [0.5, 0.6) is 17.2 Å². The number of rotatable bonds is 9. The van der Waals surface area contributed by atoms with Crippen LogP contribution >= 0.6 is 11.8 Å². The summed E-state index contributed by atoms with van der Waals surface area (Å²) in [6, 6.07) is 18.3. The first-order valence-electron chi connectivity index (χ1n) is 11.9. The topological polar surface area (TPSA) is 127 Å². The Balaban J connectivity index is 1.61. The van der Waals surface area contributed by atoms with Gasteiger partial charge in [0.1, 0.15) is 11.0 Å². The van der Waals surface area contributed by atoms with Crippen LogP contribution in [-0.4, -0.2) is 59.5 Å². The first kappa shape index (κ1) is 27.5. The van der Waals surface area contributed by atoms with Crippen molar-refractivity contribution in [1.29, 1.82) is 0 Å². The highest BCUT2D eigenvalue weighted by molar-refractivity contribution is 8.15. The molecule has 1 aliphatic heterocycles. The Morgan fingerprint density at radius 1 is 1.00 bits per heavy atom. The lowest BCUT2D eigenvalue weighted by Crippen LogP contribution is -2.44. The summed E-state index contributed by atoms with van der Waals surface area (Å²) in [5.41, 5.74) is 1.74. The molecular formula is C28H27N3O7S. The van der Waals surface area contributed by atoms with Crippen LogP contribution in [0.2, 0.25) is 0 Å². The molecule has 0 aromatic heterocycles. The molecule has 39 heavy (non-hydrogen) atoms. The highest BCUT2D eigenvalue weighted by atomic mass is 32.2. The zero-order chi connectivity index (χ0) is 27.9. The van der Waals surface area contributed by atoms with Crippen molar-refractivity contribution < 1.29 is 33.7 Å². The number of thioether (sulfide) groups is 1. The van der Waals surface area contributed by atoms with Crippen LogP contribution in [-0.2, 0) is 16.1 Å². The number of carboxylic acids is 1. The molecule has 0 radical (unpaired) electrons. The van der Waals surface area contributed by atoms with E-state index in [0.29, 0.717) is 33.8 Å². The highest BCUT2D eigenvalue weighted by Crippen LogP contribution is 2.33. The number of nitrogens with zero attached hydrogens (tertiary/aromatic N) is 2. The normalized spacial score (nSPS) is 16.1. The number of carbonyl (C=O) groups is 3. The average Bonchev–Trinajstić information content (AvgIpc) is 2.95. The third kappa shape index (κ3) is 6.68. The minimum atomic E-state index is -1.10. The second-order valence-corrected chi connectivity index (χ2v) is 9.62. The van der Waals surface area contributed by atoms with Crippen molar-refractivity contribution in [2.24, 2.45) is 4.99 Å². The molecule has 4 rings (SSSR count). The molecule has 11 heteroatoms. The number of amides is 2. The van der Waals surface area contributed by atoms with Gasteiger partial charge in [0.25, 0.3) is 0 Å². The summed E-state index contributed by atoms with van der Waals surface area (Å²) in [4.78, 5) is 44.0. The number of hydrogen-bond acceptors (Lipinski definition) is 8. The smallest absolute Gasteiger partial charge is 0.335 e. The maximum atomic E-state index is 13.4. The second kappa shape index (κ2) is 12.4. The number of hydrogen-bond donors (Lipinski definition) is 2. The zero-order valence-corrected chi connectivity index (χ0v) is 22.4. The number of aromatic carboxylic acids is 1. The molecule has 1 saturated heterocycles. The quantitative estimate of drug-likeness (QED) is 0.398. The van der Waals surface area contributed by atoms with Gasteiger partial charge < -0.3 is 24.6 Å². The van der Waals surface area contributed by atoms with Gasteiger partial charge in [-0.3, -0.25) is 14.5 Å². The van der Waals surface area contributed by atoms with Crippen molar-refractivity contribution in [2.45, 2.75) is 18.2 Å². The molecule has 3 aromatic rings. The van der Waals surface area contributed by atoms with E-state index in [9.17, 15) is 19.5 Å². The second-order valence-electron chi connectivity index (χ2n) is 8.45. The molecule has 1 aliphatic rings. The van der Waals surface area contributed by atoms with Crippen molar-refractivity contribution >= 4 is 46.1 Å². The Kier molecular flexibility index (Phi) is 8.72. The van der Waals surface area contributed by atoms with Gasteiger partial charge in [-0.05, 0) is 60.2 Å². The van der Waals surface area contributed by atoms with E-state index in [-0.39, 0.29) is 24.4 Å². The van der Waals surface area contributed by atoms with Gasteiger partial charge in [-0.1, -0.05) is 23.9 Å². The van der Waals surface area contributed by atoms with Crippen molar-refractivity contribution in [3.63, 3.8) is 0 Å². The summed E-state index contributed by atoms with van der Waals surface area (Å²) in [7, 11) is 4.65. The Morgan fingerprint density at radius 3 is 2.41 bits per heavy atom. The molecular weight excluding hydrogens is 522 g/mol. The number of benzene rings is 3. The largest absolute Gasteiger partial charge is 0.497 e. The third-order valence-corrected chi connectivity index (χ3v) is 7.08. The number of nitrogens with one attached hydrogen (secondary N) is 1. The van der Waals surface area contributed by atoms with Crippen molar-refractivity contribution in [3.8, 4) is 17.2 Å². The van der Waals surface area contributed by atoms with Gasteiger partial charge in [0.2, 0.25) is 11.8 Å². The van der Waals surface area contributed by atoms with E-state index in [2.05, 4.69) is 5.32 Å². The molecule has 10 nitrogen and oxygen atoms in total. The Hall–Kier alpha value is -4.51. The molecule has 1 heterocycles. The van der Waals surface area contributed by atoms with Gasteiger partial charge in [-0.15, -0.1) is 0 Å². The molecule has 202 valence electrons. The predicted molar refractivity (Wildman–Crippen MR) is 148 cm³/mol. The zero-order valence-electron chi connectivity index (χ0n) is 21.5. The number of amidine groups is 1. The van der Waals surface area contributed by atoms with Crippen LogP contribution in [0.3, 0.4) is 0 Å². The first-order valence-corrected chi connectivity index (χ1v) is 12.7. The van der Waals surface area contributed by atoms with Gasteiger partial charge >= 0.3 is 5.97 Å². The monoisotopic (exact) mass is 549 g/mol. The fourth-order valence-corrected chi connectivity index (χ4v) is 4.98. The molecule has 1 unspecified atom stereocenters. The molecule has 0 bridgehead atoms. The standard InChI is InChI=1S/C28H27N3O7S/c1-36-21-10-8-19(9-11-21)30-28-31(16-17-7-12-22(37-2)23(13-17)38-3)25(32)15-24(39-28)26(33)29-20-6-4-5-18(14-20)27(34)35/h4-14,24H,15-16H2,1-3H3,(H,29,33)(H,34,35). The molecule has 1 atom stereocenters. The predicted octanol–water partition coefficient (Wildman–Crippen LogP) is 4.57. The molecule has 0 aliphatic carbocycles. The lowest BCUT2D eigenvalue weighted by molar-refractivity contribution is -0.129. The summed E-state index contributed by atoms with van der Waals surface area (Å²) >= 11 is 1.16. The number of aliphatic imine (C=N–C) groups is 1. The van der Waals surface area contributed by atoms with Crippen LogP contribution in [0.15, 0.2) is 71.7 Å². The molecule has 2 N–H and O–H groups in total. The van der Waals surface area contributed by atoms with E-state index in [4.69, 9.17) is 19.2 Å². The van der Waals surface area contributed by atoms with Gasteiger partial charge in [0.05, 0.1) is 39.1 Å². The van der Waals surface area contributed by atoms with Crippen molar-refractivity contribution in [2.75, 3.05) is 26.6 Å². The number of ether oxygens (including phenoxy) is 3. The van der Waals surface area contributed by atoms with Crippen LogP contribution < -0.4 is 19.5 Å². The molecule has 0 saturated carbocycles. The maximum absolute atomic E-state index is 13.4. The number of carbonyl (C=O) groups excluding carboxylic acids is 2. The molecule has 2 amide bonds. The maximum Gasteiger partial charge on any atom is 0.335 e. The van der Waals surface area contributed by atoms with E-state index in [0.717, 1.165) is 17.3 Å². The molecule has 0 spiro atoms. The fraction of sp³-hybridized carbons (Fsp3) is 0.214. The minimum Gasteiger partial charge on any atom is -0.497 e. The summed E-state index contributed by atoms with van der Waals surface area (Å²) in [5.74, 6) is -0.0558. The van der Waals surface area contributed by atoms with Gasteiger partial charge in [0, 0.05) is 12.1 Å². The van der Waals surface area contributed by atoms with Crippen LogP contribution in [0.4, 0.5) is 11.4 Å². The summed E-state index contributed by atoms with van der Waals surface area (Å²) in [5, 5.41) is 11.5. The average molecular weight is 550 g/mol. The fourth-order valence-electron chi connectivity index (χ4n) is 3.88. The number of anilines is 1. The minimum absolute atomic E-state index is 0.0445. The number of methoxy groups -OCH3 is 3. The van der Waals surface area contributed by atoms with Crippen LogP contribution in [0.1, 0.15) is 22.3 Å². The van der Waals surface area contributed by atoms with Gasteiger partial charge in [-0.25, -0.2) is 9.79 Å². The van der Waals surface area contributed by atoms with Gasteiger partial charge in [0.15, 0.2) is 16.7 Å². The van der Waals surface area contributed by atoms with E-state index in [1.807, 2.05) is 6.07 Å². The third-order valence-electron chi connectivity index (χ3n) is 5.89. The highest BCUT2D eigenvalue weighted by Gasteiger charge is 2.36. The summed E-state index contributed by atoms with van der Waals surface area (Å²) < 4.78 is 15.9. The van der Waals surface area contributed by atoms with Crippen molar-refractivity contribution in [1.82, 2.24) is 4.90 Å². The van der Waals surface area contributed by atoms with E-state index < -0.39 is 17.1 Å². The van der Waals surface area contributed by atoms with Gasteiger partial charge in [-0.2, -0.15) is 0 Å². The van der Waals surface area contributed by atoms with Crippen LogP contribution in [0.25, 0.3) is 0 Å². The van der Waals surface area contributed by atoms with Crippen LogP contribution in [0, 0.1) is 0 Å². The summed E-state index contributed by atoms with van der Waals surface area (Å²) in [6.45, 7) is 0.205. The summed E-state index contributed by atoms with van der Waals surface area (Å²) in [6.07, 6.45) is -0.0654. The van der Waals surface area contributed by atoms with E-state index in [1.165, 1.54) is 24.1 Å². The van der Waals surface area contributed by atoms with Crippen molar-refractivity contribution in [3.05, 3.63) is 77.9 Å². The van der Waals surface area contributed by atoms with E-state index >= 15 is 0 Å². The Labute approximate surface area is 229 Å². The lowest BCUT2D eigenvalue weighted by Gasteiger charge is -2.32.